The van der Waals surface area contributed by atoms with E-state index in [1.54, 1.807) is 6.07 Å². The lowest BCUT2D eigenvalue weighted by molar-refractivity contribution is -0.222. The summed E-state index contributed by atoms with van der Waals surface area (Å²) in [6.07, 6.45) is 1.47. The molecule has 0 aliphatic carbocycles. The van der Waals surface area contributed by atoms with Gasteiger partial charge in [-0.15, -0.1) is 5.54 Å². The van der Waals surface area contributed by atoms with Crippen LogP contribution in [0.4, 0.5) is 0 Å². The Bertz CT molecular complexity index is 720. The number of esters is 2. The van der Waals surface area contributed by atoms with Crippen LogP contribution < -0.4 is 0 Å². The van der Waals surface area contributed by atoms with Crippen LogP contribution >= 0.6 is 0 Å². The maximum Gasteiger partial charge on any atom is 0.348 e. The largest absolute Gasteiger partial charge is 0.419 e. The number of cyclic esters (lactones) is 2. The van der Waals surface area contributed by atoms with Gasteiger partial charge in [-0.3, -0.25) is 0 Å². The first-order chi connectivity index (χ1) is 10.6. The fraction of sp³-hybridized carbons (Fsp3) is 0.333. The van der Waals surface area contributed by atoms with Crippen LogP contribution in [0.5, 0.6) is 0 Å². The van der Waals surface area contributed by atoms with Crippen LogP contribution in [0.25, 0.3) is 6.08 Å². The quantitative estimate of drug-likeness (QED) is 0.261. The van der Waals surface area contributed by atoms with E-state index >= 15 is 0 Å². The Morgan fingerprint density at radius 1 is 1.09 bits per heavy atom. The molecule has 0 spiro atoms. The second-order valence-corrected chi connectivity index (χ2v) is 11.6. The van der Waals surface area contributed by atoms with E-state index < -0.39 is 25.8 Å². The zero-order chi connectivity index (χ0) is 17.3. The highest BCUT2D eigenvalue weighted by atomic mass is 28.3. The number of carbonyl (C=O) groups excluding carboxylic acids is 2. The van der Waals surface area contributed by atoms with Crippen molar-refractivity contribution >= 4 is 26.1 Å². The summed E-state index contributed by atoms with van der Waals surface area (Å²) in [6.45, 7) is 9.54. The molecule has 1 fully saturated rings. The Hall–Kier alpha value is -2.32. The fourth-order valence-electron chi connectivity index (χ4n) is 1.91. The molecule has 1 aromatic carbocycles. The van der Waals surface area contributed by atoms with Gasteiger partial charge in [0, 0.05) is 19.4 Å². The molecule has 4 nitrogen and oxygen atoms in total. The lowest BCUT2D eigenvalue weighted by Gasteiger charge is -2.29. The number of hydrogen-bond donors (Lipinski definition) is 0. The molecule has 0 unspecified atom stereocenters. The molecule has 0 bridgehead atoms. The Morgan fingerprint density at radius 3 is 2.26 bits per heavy atom. The molecule has 0 radical (unpaired) electrons. The molecule has 1 aromatic rings. The van der Waals surface area contributed by atoms with Crippen LogP contribution in [0.15, 0.2) is 29.8 Å². The van der Waals surface area contributed by atoms with Gasteiger partial charge in [0.2, 0.25) is 0 Å². The Kier molecular flexibility index (Phi) is 4.48. The number of carbonyl (C=O) groups is 2. The van der Waals surface area contributed by atoms with Crippen LogP contribution in [0.1, 0.15) is 25.0 Å². The van der Waals surface area contributed by atoms with Gasteiger partial charge in [0.15, 0.2) is 0 Å². The molecule has 5 heteroatoms. The van der Waals surface area contributed by atoms with Gasteiger partial charge in [-0.05, 0) is 23.8 Å². The molecule has 1 saturated heterocycles. The van der Waals surface area contributed by atoms with E-state index in [0.717, 1.165) is 5.56 Å². The molecular formula is C18H20O4Si. The van der Waals surface area contributed by atoms with Crippen molar-refractivity contribution in [3.8, 4) is 11.5 Å². The Morgan fingerprint density at radius 2 is 1.70 bits per heavy atom. The molecule has 1 aliphatic rings. The molecule has 0 amide bonds. The van der Waals surface area contributed by atoms with E-state index in [4.69, 9.17) is 9.47 Å². The first-order valence-corrected chi connectivity index (χ1v) is 10.9. The van der Waals surface area contributed by atoms with Crippen molar-refractivity contribution in [2.75, 3.05) is 0 Å². The van der Waals surface area contributed by atoms with Gasteiger partial charge >= 0.3 is 11.9 Å². The molecule has 23 heavy (non-hydrogen) atoms. The lowest BCUT2D eigenvalue weighted by Crippen LogP contribution is -2.41. The van der Waals surface area contributed by atoms with Gasteiger partial charge < -0.3 is 9.47 Å². The minimum Gasteiger partial charge on any atom is -0.419 e. The van der Waals surface area contributed by atoms with Crippen LogP contribution in [0, 0.1) is 11.5 Å². The minimum absolute atomic E-state index is 0.111. The average Bonchev–Trinajstić information content (AvgIpc) is 2.39. The van der Waals surface area contributed by atoms with E-state index in [-0.39, 0.29) is 5.57 Å². The molecule has 1 aliphatic heterocycles. The van der Waals surface area contributed by atoms with Crippen molar-refractivity contribution in [1.29, 1.82) is 0 Å². The summed E-state index contributed by atoms with van der Waals surface area (Å²) in [7, 11) is -1.46. The predicted octanol–water partition coefficient (Wildman–Crippen LogP) is 3.14. The standard InChI is InChI=1S/C18H20O4Si/c1-18(2)21-16(19)15(17(20)22-18)12-14-8-6-7-13(11-14)9-10-23(3,4)5/h6-8,11-12H,1-5H3. The van der Waals surface area contributed by atoms with Crippen molar-refractivity contribution < 1.29 is 19.1 Å². The van der Waals surface area contributed by atoms with Crippen LogP contribution in [-0.4, -0.2) is 25.8 Å². The highest BCUT2D eigenvalue weighted by Gasteiger charge is 2.38. The monoisotopic (exact) mass is 328 g/mol. The second kappa shape index (κ2) is 6.05. The summed E-state index contributed by atoms with van der Waals surface area (Å²) in [5.41, 5.74) is 4.72. The van der Waals surface area contributed by atoms with E-state index in [1.165, 1.54) is 19.9 Å². The van der Waals surface area contributed by atoms with Gasteiger partial charge in [-0.1, -0.05) is 37.7 Å². The highest BCUT2D eigenvalue weighted by molar-refractivity contribution is 6.83. The molecule has 1 heterocycles. The third-order valence-electron chi connectivity index (χ3n) is 2.90. The summed E-state index contributed by atoms with van der Waals surface area (Å²) < 4.78 is 10.2. The zero-order valence-electron chi connectivity index (χ0n) is 14.0. The molecule has 0 N–H and O–H groups in total. The van der Waals surface area contributed by atoms with E-state index in [9.17, 15) is 9.59 Å². The topological polar surface area (TPSA) is 52.6 Å². The van der Waals surface area contributed by atoms with Gasteiger partial charge in [-0.2, -0.15) is 0 Å². The summed E-state index contributed by atoms with van der Waals surface area (Å²) in [5.74, 6) is 0.570. The van der Waals surface area contributed by atoms with E-state index in [1.807, 2.05) is 18.2 Å². The normalized spacial score (nSPS) is 16.8. The van der Waals surface area contributed by atoms with Gasteiger partial charge in [-0.25, -0.2) is 9.59 Å². The molecule has 0 atom stereocenters. The highest BCUT2D eigenvalue weighted by Crippen LogP contribution is 2.24. The van der Waals surface area contributed by atoms with Gasteiger partial charge in [0.05, 0.1) is 0 Å². The molecular weight excluding hydrogens is 308 g/mol. The summed E-state index contributed by atoms with van der Waals surface area (Å²) >= 11 is 0. The van der Waals surface area contributed by atoms with Gasteiger partial charge in [0.1, 0.15) is 13.6 Å². The van der Waals surface area contributed by atoms with Crippen LogP contribution in [0.3, 0.4) is 0 Å². The van der Waals surface area contributed by atoms with Gasteiger partial charge in [0.25, 0.3) is 5.79 Å². The first-order valence-electron chi connectivity index (χ1n) is 7.37. The lowest BCUT2D eigenvalue weighted by atomic mass is 10.1. The fourth-order valence-corrected chi connectivity index (χ4v) is 2.43. The van der Waals surface area contributed by atoms with Crippen LogP contribution in [0.2, 0.25) is 19.6 Å². The molecule has 120 valence electrons. The smallest absolute Gasteiger partial charge is 0.348 e. The number of rotatable bonds is 1. The molecule has 0 aromatic heterocycles. The predicted molar refractivity (Wildman–Crippen MR) is 90.9 cm³/mol. The molecule has 0 saturated carbocycles. The number of ether oxygens (including phenoxy) is 2. The summed E-state index contributed by atoms with van der Waals surface area (Å²) in [5, 5.41) is 0. The minimum atomic E-state index is -1.46. The Labute approximate surface area is 137 Å². The second-order valence-electron chi connectivity index (χ2n) is 6.86. The third-order valence-corrected chi connectivity index (χ3v) is 3.77. The van der Waals surface area contributed by atoms with Crippen molar-refractivity contribution in [2.24, 2.45) is 0 Å². The summed E-state index contributed by atoms with van der Waals surface area (Å²) in [6, 6.07) is 7.37. The van der Waals surface area contributed by atoms with Crippen molar-refractivity contribution in [3.05, 3.63) is 41.0 Å². The first kappa shape index (κ1) is 17.0. The van der Waals surface area contributed by atoms with E-state index in [2.05, 4.69) is 31.1 Å². The van der Waals surface area contributed by atoms with Crippen molar-refractivity contribution in [2.45, 2.75) is 39.3 Å². The molecule has 2 rings (SSSR count). The van der Waals surface area contributed by atoms with Crippen molar-refractivity contribution in [1.82, 2.24) is 0 Å². The SMILES string of the molecule is CC1(C)OC(=O)C(=Cc2cccc(C#C[Si](C)(C)C)c2)C(=O)O1. The Balaban J connectivity index is 2.31. The van der Waals surface area contributed by atoms with Crippen molar-refractivity contribution in [3.63, 3.8) is 0 Å². The van der Waals surface area contributed by atoms with Crippen LogP contribution in [-0.2, 0) is 19.1 Å². The maximum atomic E-state index is 12.0. The maximum absolute atomic E-state index is 12.0. The average molecular weight is 328 g/mol. The third kappa shape index (κ3) is 4.83. The number of benzene rings is 1. The summed E-state index contributed by atoms with van der Waals surface area (Å²) in [4.78, 5) is 23.9. The number of hydrogen-bond acceptors (Lipinski definition) is 4. The van der Waals surface area contributed by atoms with E-state index in [0.29, 0.717) is 5.56 Å². The zero-order valence-corrected chi connectivity index (χ0v) is 15.0.